The maximum absolute atomic E-state index is 6.32. The largest absolute Gasteiger partial charge is 0.369 e. The Morgan fingerprint density at radius 2 is 1.75 bits per heavy atom. The molecule has 0 spiro atoms. The molecule has 2 heteroatoms. The molecule has 1 fully saturated rings. The normalized spacial score (nSPS) is 33.3. The summed E-state index contributed by atoms with van der Waals surface area (Å²) in [7, 11) is 6.32. The molecule has 89 valence electrons. The predicted octanol–water partition coefficient (Wildman–Crippen LogP) is 4.37. The summed E-state index contributed by atoms with van der Waals surface area (Å²) >= 11 is 0. The summed E-state index contributed by atoms with van der Waals surface area (Å²) in [5, 5.41) is -0.00220. The van der Waals surface area contributed by atoms with Crippen LogP contribution in [0.4, 0.5) is 0 Å². The second-order valence-corrected chi connectivity index (χ2v) is 6.58. The maximum Gasteiger partial charge on any atom is 0.0707 e. The van der Waals surface area contributed by atoms with Gasteiger partial charge in [-0.05, 0) is 0 Å². The van der Waals surface area contributed by atoms with Crippen LogP contribution in [0.5, 0.6) is 0 Å². The van der Waals surface area contributed by atoms with Gasteiger partial charge in [-0.1, -0.05) is 50.8 Å². The molecule has 0 bridgehead atoms. The SMILES string of the molecule is [B]C1(C)CCCC(C)(C)C[C-](C([CH2-])C)C1.[Y]. The molecule has 0 N–H and O–H groups in total. The minimum absolute atomic E-state index is 0. The molecule has 2 atom stereocenters. The summed E-state index contributed by atoms with van der Waals surface area (Å²) in [6.07, 6.45) is 5.95. The quantitative estimate of drug-likeness (QED) is 0.497. The Balaban J connectivity index is 0.00000225. The first kappa shape index (κ1) is 17.2. The molecule has 0 heterocycles. The van der Waals surface area contributed by atoms with Crippen LogP contribution in [0.3, 0.4) is 0 Å². The van der Waals surface area contributed by atoms with Crippen LogP contribution in [0.1, 0.15) is 59.8 Å². The van der Waals surface area contributed by atoms with Crippen molar-refractivity contribution < 1.29 is 32.7 Å². The zero-order chi connectivity index (χ0) is 11.7. The smallest absolute Gasteiger partial charge is 0.0707 e. The second kappa shape index (κ2) is 6.37. The summed E-state index contributed by atoms with van der Waals surface area (Å²) in [6, 6.07) is 0. The number of hydrogen-bond donors (Lipinski definition) is 0. The summed E-state index contributed by atoms with van der Waals surface area (Å²) < 4.78 is 0. The molecule has 0 aromatic carbocycles. The summed E-state index contributed by atoms with van der Waals surface area (Å²) in [5.41, 5.74) is 0.442. The zero-order valence-electron chi connectivity index (χ0n) is 11.5. The van der Waals surface area contributed by atoms with E-state index in [0.29, 0.717) is 11.3 Å². The van der Waals surface area contributed by atoms with Crippen LogP contribution in [0.15, 0.2) is 0 Å². The Bertz CT molecular complexity index is 191. The zero-order valence-corrected chi connectivity index (χ0v) is 14.3. The van der Waals surface area contributed by atoms with E-state index in [4.69, 9.17) is 7.85 Å². The van der Waals surface area contributed by atoms with Crippen molar-refractivity contribution in [2.45, 2.75) is 65.1 Å². The fourth-order valence-corrected chi connectivity index (χ4v) is 2.69. The van der Waals surface area contributed by atoms with Crippen LogP contribution in [-0.4, -0.2) is 7.85 Å². The summed E-state index contributed by atoms with van der Waals surface area (Å²) in [6.45, 7) is 13.3. The van der Waals surface area contributed by atoms with E-state index in [9.17, 15) is 0 Å². The van der Waals surface area contributed by atoms with Crippen molar-refractivity contribution in [2.24, 2.45) is 11.3 Å². The van der Waals surface area contributed by atoms with E-state index in [2.05, 4.69) is 34.6 Å². The molecule has 0 aliphatic heterocycles. The van der Waals surface area contributed by atoms with Crippen molar-refractivity contribution in [1.82, 2.24) is 0 Å². The van der Waals surface area contributed by atoms with Gasteiger partial charge in [-0.15, -0.1) is 6.92 Å². The van der Waals surface area contributed by atoms with Crippen LogP contribution in [0.2, 0.25) is 5.31 Å². The minimum atomic E-state index is -0.00220. The topological polar surface area (TPSA) is 0 Å². The molecule has 0 aromatic heterocycles. The third-order valence-corrected chi connectivity index (χ3v) is 3.63. The van der Waals surface area contributed by atoms with Crippen molar-refractivity contribution in [2.75, 3.05) is 0 Å². The molecule has 2 unspecified atom stereocenters. The molecule has 0 nitrogen and oxygen atoms in total. The molecule has 1 aliphatic rings. The molecule has 3 radical (unpaired) electrons. The van der Waals surface area contributed by atoms with Gasteiger partial charge < -0.3 is 18.8 Å². The van der Waals surface area contributed by atoms with Crippen molar-refractivity contribution in [3.05, 3.63) is 12.8 Å². The van der Waals surface area contributed by atoms with E-state index in [1.165, 1.54) is 19.3 Å². The third-order valence-electron chi connectivity index (χ3n) is 3.63. The monoisotopic (exact) mass is 293 g/mol. The Morgan fingerprint density at radius 1 is 1.19 bits per heavy atom. The van der Waals surface area contributed by atoms with Crippen LogP contribution in [0.25, 0.3) is 0 Å². The van der Waals surface area contributed by atoms with E-state index in [1.807, 2.05) is 0 Å². The molecule has 1 rings (SSSR count). The average Bonchev–Trinajstić information content (AvgIpc) is 1.98. The van der Waals surface area contributed by atoms with Gasteiger partial charge >= 0.3 is 0 Å². The van der Waals surface area contributed by atoms with E-state index in [1.54, 1.807) is 5.92 Å². The molecule has 1 saturated carbocycles. The molecular weight excluding hydrogens is 268 g/mol. The Labute approximate surface area is 129 Å². The van der Waals surface area contributed by atoms with Crippen LogP contribution >= 0.6 is 0 Å². The van der Waals surface area contributed by atoms with Crippen molar-refractivity contribution >= 4 is 7.85 Å². The van der Waals surface area contributed by atoms with Gasteiger partial charge in [-0.2, -0.15) is 12.8 Å². The van der Waals surface area contributed by atoms with Crippen molar-refractivity contribution in [3.63, 3.8) is 0 Å². The average molecular weight is 293 g/mol. The Morgan fingerprint density at radius 3 is 2.25 bits per heavy atom. The first-order chi connectivity index (χ1) is 6.72. The maximum atomic E-state index is 6.32. The standard InChI is InChI=1S/C14H25B.Y/c1-11(2)12-9-13(3,4)7-6-8-14(5,15)10-12;/h11H,1,6-10H2,2-5H3;/q-2;. The van der Waals surface area contributed by atoms with Gasteiger partial charge in [0.1, 0.15) is 0 Å². The first-order valence-corrected chi connectivity index (χ1v) is 6.18. The van der Waals surface area contributed by atoms with Crippen LogP contribution < -0.4 is 0 Å². The molecule has 16 heavy (non-hydrogen) atoms. The minimum Gasteiger partial charge on any atom is -0.369 e. The van der Waals surface area contributed by atoms with Gasteiger partial charge in [0.25, 0.3) is 0 Å². The molecule has 0 aromatic rings. The van der Waals surface area contributed by atoms with E-state index in [0.717, 1.165) is 12.8 Å². The summed E-state index contributed by atoms with van der Waals surface area (Å²) in [4.78, 5) is 0. The second-order valence-electron chi connectivity index (χ2n) is 6.58. The van der Waals surface area contributed by atoms with Crippen LogP contribution in [-0.2, 0) is 32.7 Å². The Kier molecular flexibility index (Phi) is 6.83. The molecule has 0 saturated heterocycles. The van der Waals surface area contributed by atoms with Gasteiger partial charge in [0.2, 0.25) is 0 Å². The van der Waals surface area contributed by atoms with Crippen molar-refractivity contribution in [3.8, 4) is 0 Å². The van der Waals surface area contributed by atoms with E-state index < -0.39 is 0 Å². The molecule has 0 amide bonds. The van der Waals surface area contributed by atoms with Gasteiger partial charge in [0, 0.05) is 32.7 Å². The first-order valence-electron chi connectivity index (χ1n) is 6.18. The Hall–Kier alpha value is 1.17. The van der Waals surface area contributed by atoms with Crippen molar-refractivity contribution in [1.29, 1.82) is 0 Å². The fourth-order valence-electron chi connectivity index (χ4n) is 2.69. The number of rotatable bonds is 1. The van der Waals surface area contributed by atoms with Crippen LogP contribution in [0, 0.1) is 24.2 Å². The van der Waals surface area contributed by atoms with Gasteiger partial charge in [-0.25, -0.2) is 0 Å². The summed E-state index contributed by atoms with van der Waals surface area (Å²) in [5.74, 6) is 2.00. The molecular formula is C14H25BY-2. The fraction of sp³-hybridized carbons (Fsp3) is 0.857. The predicted molar refractivity (Wildman–Crippen MR) is 68.8 cm³/mol. The molecule has 1 aliphatic carbocycles. The third kappa shape index (κ3) is 5.67. The van der Waals surface area contributed by atoms with Gasteiger partial charge in [0.15, 0.2) is 0 Å². The van der Waals surface area contributed by atoms with E-state index in [-0.39, 0.29) is 38.0 Å². The van der Waals surface area contributed by atoms with Gasteiger partial charge in [0.05, 0.1) is 7.85 Å². The number of hydrogen-bond acceptors (Lipinski definition) is 0. The van der Waals surface area contributed by atoms with Gasteiger partial charge in [-0.3, -0.25) is 0 Å². The van der Waals surface area contributed by atoms with E-state index >= 15 is 0 Å².